The van der Waals surface area contributed by atoms with Gasteiger partial charge in [0.05, 0.1) is 32.4 Å². The van der Waals surface area contributed by atoms with Crippen molar-refractivity contribution < 1.29 is 62.5 Å². The summed E-state index contributed by atoms with van der Waals surface area (Å²) in [6.45, 7) is -1.17. The number of carboxylic acids is 5. The minimum absolute atomic E-state index is 0.0703. The van der Waals surface area contributed by atoms with E-state index in [4.69, 9.17) is 34.9 Å². The predicted molar refractivity (Wildman–Crippen MR) is 94.2 cm³/mol. The van der Waals surface area contributed by atoms with Crippen LogP contribution in [0.25, 0.3) is 0 Å². The first-order valence-corrected chi connectivity index (χ1v) is 9.22. The Hall–Kier alpha value is -2.82. The lowest BCUT2D eigenvalue weighted by Crippen LogP contribution is -2.43. The average Bonchev–Trinajstić information content (AvgIpc) is 2.39. The molecule has 0 rings (SSSR count). The predicted octanol–water partition coefficient (Wildman–Crippen LogP) is -2.48. The second-order valence-corrected chi connectivity index (χ2v) is 6.71. The molecule has 0 fully saturated rings. The fraction of sp³-hybridized carbons (Fsp3) is 0.615. The number of rotatable bonds is 11. The molecular weight excluding hydrogens is 424 g/mol. The topological polar surface area (TPSA) is 247 Å². The van der Waals surface area contributed by atoms with Crippen LogP contribution in [0.5, 0.6) is 0 Å². The minimum atomic E-state index is -3.67. The Balaban J connectivity index is -0.000000623. The molecule has 0 atom stereocenters. The monoisotopic (exact) mass is 448 g/mol. The summed E-state index contributed by atoms with van der Waals surface area (Å²) in [6, 6.07) is 0. The van der Waals surface area contributed by atoms with Crippen molar-refractivity contribution in [2.45, 2.75) is 6.92 Å². The zero-order chi connectivity index (χ0) is 23.8. The van der Waals surface area contributed by atoms with Crippen molar-refractivity contribution in [1.82, 2.24) is 9.80 Å². The summed E-state index contributed by atoms with van der Waals surface area (Å²) >= 11 is 0. The van der Waals surface area contributed by atoms with Gasteiger partial charge in [-0.05, 0) is 0 Å². The lowest BCUT2D eigenvalue weighted by Gasteiger charge is -2.23. The fourth-order valence-corrected chi connectivity index (χ4v) is 1.48. The molecule has 6 N–H and O–H groups in total. The summed E-state index contributed by atoms with van der Waals surface area (Å²) in [5, 5.41) is 41.9. The van der Waals surface area contributed by atoms with Gasteiger partial charge in [0.1, 0.15) is 0 Å². The number of nitrogens with zero attached hydrogens (tertiary/aromatic N) is 2. The highest BCUT2D eigenvalue weighted by atomic mass is 32.2. The smallest absolute Gasteiger partial charge is 0.317 e. The van der Waals surface area contributed by atoms with Crippen molar-refractivity contribution in [1.29, 1.82) is 0 Å². The molecule has 0 aromatic carbocycles. The highest BCUT2D eigenvalue weighted by molar-refractivity contribution is 7.85. The van der Waals surface area contributed by atoms with E-state index >= 15 is 0 Å². The van der Waals surface area contributed by atoms with Gasteiger partial charge in [-0.2, -0.15) is 8.42 Å². The van der Waals surface area contributed by atoms with Crippen LogP contribution in [-0.4, -0.2) is 124 Å². The second-order valence-electron chi connectivity index (χ2n) is 5.25. The van der Waals surface area contributed by atoms with Gasteiger partial charge in [0.15, 0.2) is 0 Å². The summed E-state index contributed by atoms with van der Waals surface area (Å²) in [7, 11) is -3.67. The van der Waals surface area contributed by atoms with E-state index in [0.29, 0.717) is 6.26 Å². The molecule has 0 bridgehead atoms. The Morgan fingerprint density at radius 3 is 0.897 bits per heavy atom. The Morgan fingerprint density at radius 2 is 0.793 bits per heavy atom. The van der Waals surface area contributed by atoms with Gasteiger partial charge in [-0.15, -0.1) is 0 Å². The molecule has 0 saturated heterocycles. The standard InChI is InChI=1S/C10H16N2O8.C2H4O2.CH4O3S/c13-7(14)3-11(4-8(15)16)1-2-12(5-9(17)18)6-10(19)20;1-2(3)4;1-5(2,3)4/h1-6H2,(H,13,14)(H,15,16)(H,17,18)(H,19,20);1H3,(H,3,4);1H3,(H,2,3,4). The molecule has 15 nitrogen and oxygen atoms in total. The van der Waals surface area contributed by atoms with E-state index in [1.807, 2.05) is 0 Å². The van der Waals surface area contributed by atoms with Gasteiger partial charge >= 0.3 is 23.9 Å². The molecule has 0 aliphatic rings. The van der Waals surface area contributed by atoms with Gasteiger partial charge < -0.3 is 25.5 Å². The first-order chi connectivity index (χ1) is 12.9. The summed E-state index contributed by atoms with van der Waals surface area (Å²) in [6.07, 6.45) is 0.715. The molecule has 0 aromatic heterocycles. The molecule has 0 radical (unpaired) electrons. The van der Waals surface area contributed by atoms with Gasteiger partial charge in [0, 0.05) is 20.0 Å². The highest BCUT2D eigenvalue weighted by Gasteiger charge is 2.17. The number of carbonyl (C=O) groups is 5. The van der Waals surface area contributed by atoms with Crippen LogP contribution in [0.4, 0.5) is 0 Å². The lowest BCUT2D eigenvalue weighted by atomic mass is 10.4. The lowest BCUT2D eigenvalue weighted by molar-refractivity contribution is -0.145. The van der Waals surface area contributed by atoms with Crippen molar-refractivity contribution >= 4 is 40.0 Å². The third-order valence-corrected chi connectivity index (χ3v) is 2.17. The number of hydrogen-bond donors (Lipinski definition) is 6. The van der Waals surface area contributed by atoms with Crippen molar-refractivity contribution in [2.75, 3.05) is 45.5 Å². The summed E-state index contributed by atoms with van der Waals surface area (Å²) < 4.78 is 25.9. The van der Waals surface area contributed by atoms with Crippen molar-refractivity contribution in [3.8, 4) is 0 Å². The zero-order valence-electron chi connectivity index (χ0n) is 15.6. The quantitative estimate of drug-likeness (QED) is 0.179. The summed E-state index contributed by atoms with van der Waals surface area (Å²) in [5.41, 5.74) is 0. The minimum Gasteiger partial charge on any atom is -0.481 e. The van der Waals surface area contributed by atoms with Crippen LogP contribution in [0.3, 0.4) is 0 Å². The van der Waals surface area contributed by atoms with Crippen molar-refractivity contribution in [3.05, 3.63) is 0 Å². The molecular formula is C13H24N2O13S. The SMILES string of the molecule is CC(=O)O.CS(=O)(=O)O.O=C(O)CN(CCN(CC(=O)O)CC(=O)O)CC(=O)O. The van der Waals surface area contributed by atoms with Crippen molar-refractivity contribution in [3.63, 3.8) is 0 Å². The molecule has 0 unspecified atom stereocenters. The maximum absolute atomic E-state index is 10.6. The second kappa shape index (κ2) is 16.2. The Labute approximate surface area is 165 Å². The van der Waals surface area contributed by atoms with E-state index in [2.05, 4.69) is 0 Å². The third kappa shape index (κ3) is 40.9. The largest absolute Gasteiger partial charge is 0.481 e. The number of carboxylic acid groups (broad SMARTS) is 5. The van der Waals surface area contributed by atoms with Crippen LogP contribution in [-0.2, 0) is 34.1 Å². The van der Waals surface area contributed by atoms with E-state index in [-0.39, 0.29) is 13.1 Å². The molecule has 0 aliphatic carbocycles. The molecule has 0 saturated carbocycles. The molecule has 0 aromatic rings. The van der Waals surface area contributed by atoms with Gasteiger partial charge in [-0.25, -0.2) is 0 Å². The molecule has 0 heterocycles. The van der Waals surface area contributed by atoms with Crippen LogP contribution in [0, 0.1) is 0 Å². The van der Waals surface area contributed by atoms with E-state index < -0.39 is 66.1 Å². The number of hydrogen-bond acceptors (Lipinski definition) is 9. The molecule has 0 aliphatic heterocycles. The molecule has 170 valence electrons. The van der Waals surface area contributed by atoms with Gasteiger partial charge in [0.25, 0.3) is 16.1 Å². The molecule has 16 heteroatoms. The van der Waals surface area contributed by atoms with Crippen LogP contribution in [0.2, 0.25) is 0 Å². The van der Waals surface area contributed by atoms with E-state index in [1.54, 1.807) is 0 Å². The third-order valence-electron chi connectivity index (χ3n) is 2.17. The number of aliphatic carboxylic acids is 5. The van der Waals surface area contributed by atoms with Crippen LogP contribution >= 0.6 is 0 Å². The average molecular weight is 448 g/mol. The maximum Gasteiger partial charge on any atom is 0.317 e. The first-order valence-electron chi connectivity index (χ1n) is 7.37. The Bertz CT molecular complexity index is 582. The van der Waals surface area contributed by atoms with Crippen LogP contribution < -0.4 is 0 Å². The summed E-state index contributed by atoms with van der Waals surface area (Å²) in [4.78, 5) is 53.4. The molecule has 29 heavy (non-hydrogen) atoms. The Kier molecular flexibility index (Phi) is 17.2. The first kappa shape index (κ1) is 30.9. The van der Waals surface area contributed by atoms with E-state index in [0.717, 1.165) is 16.7 Å². The van der Waals surface area contributed by atoms with E-state index in [1.165, 1.54) is 0 Å². The molecule has 0 amide bonds. The highest BCUT2D eigenvalue weighted by Crippen LogP contribution is 1.94. The maximum atomic E-state index is 10.6. The van der Waals surface area contributed by atoms with E-state index in [9.17, 15) is 27.6 Å². The van der Waals surface area contributed by atoms with Gasteiger partial charge in [0.2, 0.25) is 0 Å². The van der Waals surface area contributed by atoms with Gasteiger partial charge in [-0.3, -0.25) is 38.3 Å². The van der Waals surface area contributed by atoms with Crippen LogP contribution in [0.1, 0.15) is 6.92 Å². The van der Waals surface area contributed by atoms with Crippen molar-refractivity contribution in [2.24, 2.45) is 0 Å². The zero-order valence-corrected chi connectivity index (χ0v) is 16.4. The Morgan fingerprint density at radius 1 is 0.655 bits per heavy atom. The molecule has 0 spiro atoms. The summed E-state index contributed by atoms with van der Waals surface area (Å²) in [5.74, 6) is -5.74. The normalized spacial score (nSPS) is 10.2. The van der Waals surface area contributed by atoms with Gasteiger partial charge in [-0.1, -0.05) is 0 Å². The van der Waals surface area contributed by atoms with Crippen LogP contribution in [0.15, 0.2) is 0 Å². The fourth-order valence-electron chi connectivity index (χ4n) is 1.48.